The first kappa shape index (κ1) is 16.6. The van der Waals surface area contributed by atoms with Gasteiger partial charge >= 0.3 is 0 Å². The number of rotatable bonds is 2. The maximum Gasteiger partial charge on any atom is 0.120 e. The third kappa shape index (κ3) is 2.32. The van der Waals surface area contributed by atoms with Crippen LogP contribution < -0.4 is 0 Å². The van der Waals surface area contributed by atoms with Crippen LogP contribution >= 0.6 is 0 Å². The molecule has 4 aliphatic rings. The van der Waals surface area contributed by atoms with E-state index in [0.29, 0.717) is 23.7 Å². The fourth-order valence-corrected chi connectivity index (χ4v) is 6.26. The van der Waals surface area contributed by atoms with Gasteiger partial charge in [0, 0.05) is 23.5 Å². The van der Waals surface area contributed by atoms with Gasteiger partial charge in [0.05, 0.1) is 0 Å². The van der Waals surface area contributed by atoms with E-state index >= 15 is 0 Å². The predicted molar refractivity (Wildman–Crippen MR) is 99.0 cm³/mol. The Morgan fingerprint density at radius 2 is 1.88 bits per heavy atom. The number of hydrogen-bond acceptors (Lipinski definition) is 2. The Morgan fingerprint density at radius 3 is 2.64 bits per heavy atom. The Kier molecular flexibility index (Phi) is 3.87. The van der Waals surface area contributed by atoms with Gasteiger partial charge in [0.2, 0.25) is 0 Å². The Labute approximate surface area is 150 Å². The number of hydrogen-bond donors (Lipinski definition) is 0. The van der Waals surface area contributed by atoms with Crippen molar-refractivity contribution in [3.63, 3.8) is 0 Å². The average Bonchev–Trinajstić information content (AvgIpc) is 2.93. The highest BCUT2D eigenvalue weighted by Gasteiger charge is 2.55. The minimum Gasteiger partial charge on any atom is -0.234 e. The van der Waals surface area contributed by atoms with E-state index in [2.05, 4.69) is 44.2 Å². The molecule has 2 heteroatoms. The first-order valence-electron chi connectivity index (χ1n) is 9.53. The Bertz CT molecular complexity index is 759. The van der Waals surface area contributed by atoms with Crippen molar-refractivity contribution in [2.24, 2.45) is 40.4 Å². The Balaban J connectivity index is 1.71. The van der Waals surface area contributed by atoms with Crippen molar-refractivity contribution in [2.45, 2.75) is 39.5 Å². The summed E-state index contributed by atoms with van der Waals surface area (Å²) in [6, 6.07) is 0. The molecule has 4 rings (SSSR count). The largest absolute Gasteiger partial charge is 0.234 e. The topological polar surface area (TPSA) is 34.1 Å². The zero-order valence-corrected chi connectivity index (χ0v) is 15.1. The van der Waals surface area contributed by atoms with Crippen LogP contribution in [-0.2, 0) is 9.59 Å². The normalized spacial score (nSPS) is 46.8. The van der Waals surface area contributed by atoms with Crippen molar-refractivity contribution in [3.8, 4) is 0 Å². The average molecular weight is 334 g/mol. The number of allylic oxidation sites excluding steroid dienone is 8. The molecule has 7 atom stereocenters. The van der Waals surface area contributed by atoms with Crippen LogP contribution in [0.15, 0.2) is 48.1 Å². The Hall–Kier alpha value is -1.88. The van der Waals surface area contributed by atoms with Gasteiger partial charge in [-0.2, -0.15) is 0 Å². The van der Waals surface area contributed by atoms with Gasteiger partial charge in [0.15, 0.2) is 0 Å². The predicted octanol–water partition coefficient (Wildman–Crippen LogP) is 4.51. The molecule has 0 aromatic heterocycles. The van der Waals surface area contributed by atoms with Gasteiger partial charge in [-0.05, 0) is 54.8 Å². The summed E-state index contributed by atoms with van der Waals surface area (Å²) in [7, 11) is 0. The van der Waals surface area contributed by atoms with Crippen LogP contribution in [0.5, 0.6) is 0 Å². The summed E-state index contributed by atoms with van der Waals surface area (Å²) in [4.78, 5) is 21.6. The fraction of sp³-hybridized carbons (Fsp3) is 0.565. The van der Waals surface area contributed by atoms with E-state index in [1.54, 1.807) is 12.2 Å². The molecule has 2 unspecified atom stereocenters. The minimum atomic E-state index is 0.0621. The first-order chi connectivity index (χ1) is 12.0. The molecule has 130 valence electrons. The van der Waals surface area contributed by atoms with Crippen molar-refractivity contribution in [1.82, 2.24) is 0 Å². The lowest BCUT2D eigenvalue weighted by atomic mass is 9.51. The van der Waals surface area contributed by atoms with Crippen molar-refractivity contribution in [2.75, 3.05) is 0 Å². The summed E-state index contributed by atoms with van der Waals surface area (Å²) < 4.78 is 0. The minimum absolute atomic E-state index is 0.0621. The molecule has 0 aromatic rings. The van der Waals surface area contributed by atoms with E-state index < -0.39 is 0 Å². The molecule has 0 N–H and O–H groups in total. The molecule has 0 aliphatic heterocycles. The zero-order valence-electron chi connectivity index (χ0n) is 15.1. The second kappa shape index (κ2) is 5.84. The van der Waals surface area contributed by atoms with Gasteiger partial charge in [0.25, 0.3) is 0 Å². The first-order valence-corrected chi connectivity index (χ1v) is 9.53. The molecule has 1 fully saturated rings. The van der Waals surface area contributed by atoms with Gasteiger partial charge in [-0.3, -0.25) is 0 Å². The molecule has 1 saturated carbocycles. The second-order valence-corrected chi connectivity index (χ2v) is 8.75. The summed E-state index contributed by atoms with van der Waals surface area (Å²) in [5.74, 6) is 6.30. The van der Waals surface area contributed by atoms with E-state index in [1.165, 1.54) is 12.0 Å². The van der Waals surface area contributed by atoms with Gasteiger partial charge < -0.3 is 0 Å². The monoisotopic (exact) mass is 334 g/mol. The van der Waals surface area contributed by atoms with Crippen LogP contribution in [0.1, 0.15) is 39.5 Å². The highest BCUT2D eigenvalue weighted by molar-refractivity contribution is 5.49. The van der Waals surface area contributed by atoms with Crippen LogP contribution in [-0.4, -0.2) is 11.9 Å². The molecule has 0 aromatic carbocycles. The zero-order chi connectivity index (χ0) is 17.7. The second-order valence-electron chi connectivity index (χ2n) is 8.75. The maximum absolute atomic E-state index is 10.9. The molecule has 0 spiro atoms. The van der Waals surface area contributed by atoms with E-state index in [4.69, 9.17) is 0 Å². The lowest BCUT2D eigenvalue weighted by molar-refractivity contribution is 0.0826. The summed E-state index contributed by atoms with van der Waals surface area (Å²) in [6.07, 6.45) is 19.6. The molecular weight excluding hydrogens is 308 g/mol. The van der Waals surface area contributed by atoms with Gasteiger partial charge in [0.1, 0.15) is 11.9 Å². The summed E-state index contributed by atoms with van der Waals surface area (Å²) >= 11 is 0. The molecule has 25 heavy (non-hydrogen) atoms. The molecule has 0 amide bonds. The smallest absolute Gasteiger partial charge is 0.120 e. The Morgan fingerprint density at radius 1 is 1.08 bits per heavy atom. The van der Waals surface area contributed by atoms with Gasteiger partial charge in [-0.1, -0.05) is 49.8 Å². The molecule has 0 heterocycles. The lowest BCUT2D eigenvalue weighted by Crippen LogP contribution is -2.46. The van der Waals surface area contributed by atoms with Gasteiger partial charge in [-0.25, -0.2) is 9.59 Å². The van der Waals surface area contributed by atoms with E-state index in [-0.39, 0.29) is 16.7 Å². The third-order valence-electron chi connectivity index (χ3n) is 7.74. The standard InChI is InChI=1S/C23H26O2/c1-22-12-8-21-19(20(22)6-4-17(22)10-14-25)5-3-18-15-16(9-13-24)7-11-23(18,21)2/h3,7-12,16-17,19-21H,4-6,15H2,1-2H3/t16?,17?,19-,20-,21+,22+,23-/m0/s1. The van der Waals surface area contributed by atoms with E-state index in [9.17, 15) is 9.59 Å². The molecule has 0 radical (unpaired) electrons. The number of carbonyl (C=O) groups excluding carboxylic acids is 2. The summed E-state index contributed by atoms with van der Waals surface area (Å²) in [5.41, 5.74) is 1.64. The highest BCUT2D eigenvalue weighted by atomic mass is 16.1. The van der Waals surface area contributed by atoms with Gasteiger partial charge in [-0.15, -0.1) is 0 Å². The van der Waals surface area contributed by atoms with Crippen LogP contribution in [0.2, 0.25) is 0 Å². The molecule has 0 bridgehead atoms. The quantitative estimate of drug-likeness (QED) is 0.550. The number of fused-ring (bicyclic) bond motifs is 5. The van der Waals surface area contributed by atoms with Crippen molar-refractivity contribution in [1.29, 1.82) is 0 Å². The SMILES string of the molecule is C[C@]12C=CC(C=C=O)CC1=CC[C@@H]1[C@H]2C=C[C@]2(C)C(C=C=O)CC[C@@H]12. The van der Waals surface area contributed by atoms with Crippen LogP contribution in [0.3, 0.4) is 0 Å². The summed E-state index contributed by atoms with van der Waals surface area (Å²) in [5, 5.41) is 0. The van der Waals surface area contributed by atoms with Crippen molar-refractivity contribution < 1.29 is 9.59 Å². The van der Waals surface area contributed by atoms with Crippen LogP contribution in [0.4, 0.5) is 0 Å². The molecule has 2 nitrogen and oxygen atoms in total. The van der Waals surface area contributed by atoms with Crippen molar-refractivity contribution >= 4 is 11.9 Å². The van der Waals surface area contributed by atoms with Crippen LogP contribution in [0.25, 0.3) is 0 Å². The highest BCUT2D eigenvalue weighted by Crippen LogP contribution is 2.63. The van der Waals surface area contributed by atoms with E-state index in [0.717, 1.165) is 19.3 Å². The van der Waals surface area contributed by atoms with Crippen LogP contribution in [0, 0.1) is 40.4 Å². The van der Waals surface area contributed by atoms with Crippen molar-refractivity contribution in [3.05, 3.63) is 48.1 Å². The molecular formula is C23H26O2. The third-order valence-corrected chi connectivity index (χ3v) is 7.74. The fourth-order valence-electron chi connectivity index (χ4n) is 6.26. The molecule has 0 saturated heterocycles. The van der Waals surface area contributed by atoms with E-state index in [1.807, 2.05) is 11.9 Å². The molecule has 4 aliphatic carbocycles. The lowest BCUT2D eigenvalue weighted by Gasteiger charge is -2.53. The maximum atomic E-state index is 10.9. The summed E-state index contributed by atoms with van der Waals surface area (Å²) in [6.45, 7) is 4.69.